The van der Waals surface area contributed by atoms with E-state index in [1.807, 2.05) is 32.0 Å². The third kappa shape index (κ3) is 4.85. The highest BCUT2D eigenvalue weighted by Crippen LogP contribution is 2.31. The summed E-state index contributed by atoms with van der Waals surface area (Å²) in [4.78, 5) is 39.8. The summed E-state index contributed by atoms with van der Waals surface area (Å²) in [5.41, 5.74) is 3.15. The molecule has 158 valence electrons. The van der Waals surface area contributed by atoms with Crippen LogP contribution in [0.4, 0.5) is 5.69 Å². The predicted octanol–water partition coefficient (Wildman–Crippen LogP) is 4.73. The molecule has 1 aliphatic rings. The van der Waals surface area contributed by atoms with Crippen LogP contribution < -0.4 is 4.90 Å². The van der Waals surface area contributed by atoms with Crippen LogP contribution in [0.25, 0.3) is 0 Å². The standard InChI is InChI=1S/C23H23Cl2NO4/c1-14-4-3-5-15(2)21(14)26-13-17(12-20(26)27)23(29)30-19(10-11-24)22(28)16-6-8-18(25)9-7-16/h3-9,17,19H,10-13H2,1-2H3/t17-,19+/m1/s1. The number of anilines is 1. The average Bonchev–Trinajstić information content (AvgIpc) is 3.09. The number of Topliss-reactive ketones (excluding diaryl/α,β-unsaturated/α-hetero) is 1. The Kier molecular flexibility index (Phi) is 7.16. The third-order valence-corrected chi connectivity index (χ3v) is 5.69. The minimum atomic E-state index is -1.000. The molecule has 5 nitrogen and oxygen atoms in total. The Labute approximate surface area is 185 Å². The van der Waals surface area contributed by atoms with E-state index in [-0.39, 0.29) is 37.0 Å². The number of carbonyl (C=O) groups excluding carboxylic acids is 3. The molecule has 7 heteroatoms. The molecule has 0 N–H and O–H groups in total. The number of rotatable bonds is 7. The lowest BCUT2D eigenvalue weighted by Crippen LogP contribution is -2.32. The maximum Gasteiger partial charge on any atom is 0.312 e. The normalized spacial score (nSPS) is 17.1. The van der Waals surface area contributed by atoms with Gasteiger partial charge in [0.2, 0.25) is 11.7 Å². The highest BCUT2D eigenvalue weighted by atomic mass is 35.5. The van der Waals surface area contributed by atoms with Crippen molar-refractivity contribution in [2.75, 3.05) is 17.3 Å². The van der Waals surface area contributed by atoms with Gasteiger partial charge in [-0.1, -0.05) is 29.8 Å². The first-order valence-electron chi connectivity index (χ1n) is 9.74. The van der Waals surface area contributed by atoms with Gasteiger partial charge in [-0.05, 0) is 49.2 Å². The van der Waals surface area contributed by atoms with Crippen LogP contribution >= 0.6 is 23.2 Å². The molecule has 2 atom stereocenters. The van der Waals surface area contributed by atoms with Gasteiger partial charge >= 0.3 is 5.97 Å². The molecule has 30 heavy (non-hydrogen) atoms. The Balaban J connectivity index is 1.73. The molecule has 0 aliphatic carbocycles. The fourth-order valence-electron chi connectivity index (χ4n) is 3.69. The van der Waals surface area contributed by atoms with Gasteiger partial charge in [-0.2, -0.15) is 0 Å². The van der Waals surface area contributed by atoms with Crippen LogP contribution in [0.1, 0.15) is 34.3 Å². The first-order valence-corrected chi connectivity index (χ1v) is 10.7. The van der Waals surface area contributed by atoms with E-state index in [2.05, 4.69) is 0 Å². The van der Waals surface area contributed by atoms with E-state index in [4.69, 9.17) is 27.9 Å². The summed E-state index contributed by atoms with van der Waals surface area (Å²) in [5.74, 6) is -1.50. The van der Waals surface area contributed by atoms with Crippen LogP contribution in [-0.2, 0) is 14.3 Å². The molecule has 3 rings (SSSR count). The smallest absolute Gasteiger partial charge is 0.312 e. The van der Waals surface area contributed by atoms with E-state index < -0.39 is 18.0 Å². The van der Waals surface area contributed by atoms with E-state index in [1.54, 1.807) is 29.2 Å². The lowest BCUT2D eigenvalue weighted by molar-refractivity contribution is -0.151. The summed E-state index contributed by atoms with van der Waals surface area (Å²) in [5, 5.41) is 0.508. The maximum atomic E-state index is 12.8. The van der Waals surface area contributed by atoms with Crippen LogP contribution in [0.3, 0.4) is 0 Å². The number of amides is 1. The monoisotopic (exact) mass is 447 g/mol. The van der Waals surface area contributed by atoms with Crippen LogP contribution in [0.5, 0.6) is 0 Å². The second-order valence-electron chi connectivity index (χ2n) is 7.42. The summed E-state index contributed by atoms with van der Waals surface area (Å²) >= 11 is 11.7. The number of benzene rings is 2. The van der Waals surface area contributed by atoms with Crippen molar-refractivity contribution < 1.29 is 19.1 Å². The van der Waals surface area contributed by atoms with Crippen LogP contribution in [0.15, 0.2) is 42.5 Å². The summed E-state index contributed by atoms with van der Waals surface area (Å²) < 4.78 is 5.53. The van der Waals surface area contributed by atoms with E-state index in [0.717, 1.165) is 16.8 Å². The lowest BCUT2D eigenvalue weighted by Gasteiger charge is -2.22. The van der Waals surface area contributed by atoms with Crippen molar-refractivity contribution in [2.24, 2.45) is 5.92 Å². The number of alkyl halides is 1. The van der Waals surface area contributed by atoms with Crippen LogP contribution in [0, 0.1) is 19.8 Å². The SMILES string of the molecule is Cc1cccc(C)c1N1C[C@H](C(=O)O[C@@H](CCCl)C(=O)c2ccc(Cl)cc2)CC1=O. The first kappa shape index (κ1) is 22.3. The van der Waals surface area contributed by atoms with Crippen molar-refractivity contribution in [1.29, 1.82) is 0 Å². The topological polar surface area (TPSA) is 63.7 Å². The summed E-state index contributed by atoms with van der Waals surface area (Å²) in [6.45, 7) is 4.09. The van der Waals surface area contributed by atoms with Gasteiger partial charge in [0, 0.05) is 41.5 Å². The Bertz CT molecular complexity index is 938. The van der Waals surface area contributed by atoms with E-state index in [1.165, 1.54) is 0 Å². The van der Waals surface area contributed by atoms with E-state index in [9.17, 15) is 14.4 Å². The molecule has 0 spiro atoms. The number of para-hydroxylation sites is 1. The minimum absolute atomic E-state index is 0.0509. The highest BCUT2D eigenvalue weighted by Gasteiger charge is 2.38. The average molecular weight is 448 g/mol. The quantitative estimate of drug-likeness (QED) is 0.349. The van der Waals surface area contributed by atoms with Crippen molar-refractivity contribution in [3.8, 4) is 0 Å². The number of hydrogen-bond acceptors (Lipinski definition) is 4. The number of esters is 1. The number of carbonyl (C=O) groups is 3. The second-order valence-corrected chi connectivity index (χ2v) is 8.23. The summed E-state index contributed by atoms with van der Waals surface area (Å²) in [6.07, 6.45) is -0.758. The van der Waals surface area contributed by atoms with Crippen molar-refractivity contribution in [3.63, 3.8) is 0 Å². The van der Waals surface area contributed by atoms with Gasteiger partial charge in [-0.25, -0.2) is 0 Å². The molecule has 1 heterocycles. The van der Waals surface area contributed by atoms with Gasteiger partial charge in [0.25, 0.3) is 0 Å². The van der Waals surface area contributed by atoms with E-state index in [0.29, 0.717) is 10.6 Å². The zero-order valence-corrected chi connectivity index (χ0v) is 18.4. The number of nitrogens with zero attached hydrogens (tertiary/aromatic N) is 1. The molecule has 0 aromatic heterocycles. The van der Waals surface area contributed by atoms with Gasteiger partial charge in [0.15, 0.2) is 6.10 Å². The third-order valence-electron chi connectivity index (χ3n) is 5.22. The van der Waals surface area contributed by atoms with Crippen molar-refractivity contribution in [3.05, 3.63) is 64.2 Å². The largest absolute Gasteiger partial charge is 0.454 e. The number of halogens is 2. The molecule has 1 amide bonds. The van der Waals surface area contributed by atoms with Gasteiger partial charge in [0.05, 0.1) is 5.92 Å². The number of aryl methyl sites for hydroxylation is 2. The molecule has 0 radical (unpaired) electrons. The molecule has 0 unspecified atom stereocenters. The van der Waals surface area contributed by atoms with Gasteiger partial charge in [0.1, 0.15) is 0 Å². The minimum Gasteiger partial charge on any atom is -0.454 e. The molecular formula is C23H23Cl2NO4. The fourth-order valence-corrected chi connectivity index (χ4v) is 4.02. The van der Waals surface area contributed by atoms with Gasteiger partial charge in [-0.15, -0.1) is 11.6 Å². The second kappa shape index (κ2) is 9.63. The van der Waals surface area contributed by atoms with Crippen LogP contribution in [0.2, 0.25) is 5.02 Å². The Hall–Kier alpha value is -2.37. The highest BCUT2D eigenvalue weighted by molar-refractivity contribution is 6.30. The van der Waals surface area contributed by atoms with Gasteiger partial charge in [-0.3, -0.25) is 14.4 Å². The molecule has 2 aromatic rings. The molecule has 2 aromatic carbocycles. The van der Waals surface area contributed by atoms with E-state index >= 15 is 0 Å². The molecular weight excluding hydrogens is 425 g/mol. The lowest BCUT2D eigenvalue weighted by atomic mass is 10.0. The van der Waals surface area contributed by atoms with Crippen molar-refractivity contribution in [1.82, 2.24) is 0 Å². The van der Waals surface area contributed by atoms with Gasteiger partial charge < -0.3 is 9.64 Å². The summed E-state index contributed by atoms with van der Waals surface area (Å²) in [6, 6.07) is 12.2. The molecule has 1 saturated heterocycles. The Morgan fingerprint density at radius 1 is 1.13 bits per heavy atom. The van der Waals surface area contributed by atoms with Crippen LogP contribution in [-0.4, -0.2) is 36.2 Å². The summed E-state index contributed by atoms with van der Waals surface area (Å²) in [7, 11) is 0. The van der Waals surface area contributed by atoms with Crippen molar-refractivity contribution >= 4 is 46.5 Å². The number of hydrogen-bond donors (Lipinski definition) is 0. The predicted molar refractivity (Wildman–Crippen MR) is 117 cm³/mol. The zero-order valence-electron chi connectivity index (χ0n) is 16.9. The molecule has 1 fully saturated rings. The fraction of sp³-hybridized carbons (Fsp3) is 0.348. The Morgan fingerprint density at radius 3 is 2.37 bits per heavy atom. The molecule has 0 saturated carbocycles. The zero-order chi connectivity index (χ0) is 21.8. The number of ketones is 1. The maximum absolute atomic E-state index is 12.8. The molecule has 1 aliphatic heterocycles. The van der Waals surface area contributed by atoms with Crippen molar-refractivity contribution in [2.45, 2.75) is 32.8 Å². The first-order chi connectivity index (χ1) is 14.3. The Morgan fingerprint density at radius 2 is 1.77 bits per heavy atom. The molecule has 0 bridgehead atoms. The number of ether oxygens (including phenoxy) is 1.